The van der Waals surface area contributed by atoms with Crippen molar-refractivity contribution in [2.45, 2.75) is 31.0 Å². The summed E-state index contributed by atoms with van der Waals surface area (Å²) in [6, 6.07) is 14.9. The van der Waals surface area contributed by atoms with E-state index in [2.05, 4.69) is 39.1 Å². The van der Waals surface area contributed by atoms with Gasteiger partial charge >= 0.3 is 0 Å². The number of aliphatic hydroxyl groups excluding tert-OH is 1. The van der Waals surface area contributed by atoms with E-state index in [1.165, 1.54) is 5.69 Å². The van der Waals surface area contributed by atoms with Crippen molar-refractivity contribution in [2.75, 3.05) is 44.4 Å². The van der Waals surface area contributed by atoms with E-state index in [1.54, 1.807) is 0 Å². The largest absolute Gasteiger partial charge is 0.490 e. The summed E-state index contributed by atoms with van der Waals surface area (Å²) in [4.78, 5) is 8.14. The van der Waals surface area contributed by atoms with Gasteiger partial charge in [-0.1, -0.05) is 18.2 Å². The summed E-state index contributed by atoms with van der Waals surface area (Å²) in [6.07, 6.45) is 7.91. The first-order chi connectivity index (χ1) is 16.7. The first kappa shape index (κ1) is 21.4. The number of nitrogens with one attached hydrogen (secondary N) is 1. The fourth-order valence-corrected chi connectivity index (χ4v) is 5.38. The average molecular weight is 462 g/mol. The molecule has 3 unspecified atom stereocenters. The van der Waals surface area contributed by atoms with Crippen LogP contribution in [0.25, 0.3) is 10.9 Å². The molecule has 1 fully saturated rings. The highest BCUT2D eigenvalue weighted by molar-refractivity contribution is 5.85. The van der Waals surface area contributed by atoms with E-state index in [9.17, 15) is 5.11 Å². The number of hydrogen-bond acceptors (Lipinski definition) is 6. The van der Waals surface area contributed by atoms with Crippen molar-refractivity contribution in [3.05, 3.63) is 60.8 Å². The molecule has 4 aliphatic rings. The fraction of sp³-hybridized carbons (Fsp3) is 0.407. The molecule has 5 heterocycles. The van der Waals surface area contributed by atoms with E-state index in [1.807, 2.05) is 36.5 Å². The Balaban J connectivity index is 1.13. The zero-order valence-electron chi connectivity index (χ0n) is 19.2. The molecule has 0 radical (unpaired) electrons. The molecule has 3 atom stereocenters. The van der Waals surface area contributed by atoms with Gasteiger partial charge < -0.3 is 29.2 Å². The zero-order chi connectivity index (χ0) is 22.9. The van der Waals surface area contributed by atoms with Crippen LogP contribution in [0.15, 0.2) is 60.8 Å². The molecule has 4 aliphatic heterocycles. The third-order valence-electron chi connectivity index (χ3n) is 7.08. The molecule has 0 spiro atoms. The standard InChI is InChI=1S/C27H31N3O4/c31-22(18-34-25-7-3-6-24-23(25)10-11-28-24)17-29-15-21-5-2-1-4-20(29)16-30(21)19-8-9-26-27(14-19)33-13-12-32-26/h1-3,6-11,14,20-22,28,31H,4-5,12-13,15-18H2. The highest BCUT2D eigenvalue weighted by atomic mass is 16.6. The normalized spacial score (nSPS) is 23.0. The second-order valence-corrected chi connectivity index (χ2v) is 9.34. The van der Waals surface area contributed by atoms with Crippen molar-refractivity contribution < 1.29 is 19.3 Å². The molecule has 178 valence electrons. The lowest BCUT2D eigenvalue weighted by atomic mass is 9.96. The molecule has 7 nitrogen and oxygen atoms in total. The summed E-state index contributed by atoms with van der Waals surface area (Å²) in [7, 11) is 0. The SMILES string of the molecule is OC(COc1cccc2[nH]ccc12)CN1CC2CC=CCC1CN2c1ccc2c(c1)OCCO2. The van der Waals surface area contributed by atoms with Gasteiger partial charge in [0.2, 0.25) is 0 Å². The molecular weight excluding hydrogens is 430 g/mol. The Bertz CT molecular complexity index is 1180. The van der Waals surface area contributed by atoms with Crippen molar-refractivity contribution in [1.29, 1.82) is 0 Å². The molecular formula is C27H31N3O4. The van der Waals surface area contributed by atoms with Crippen molar-refractivity contribution in [3.63, 3.8) is 0 Å². The number of H-pyrrole nitrogens is 1. The summed E-state index contributed by atoms with van der Waals surface area (Å²) >= 11 is 0. The molecule has 0 aliphatic carbocycles. The van der Waals surface area contributed by atoms with Crippen LogP contribution < -0.4 is 19.1 Å². The van der Waals surface area contributed by atoms with Gasteiger partial charge in [-0.25, -0.2) is 0 Å². The number of rotatable bonds is 6. The van der Waals surface area contributed by atoms with Crippen LogP contribution >= 0.6 is 0 Å². The van der Waals surface area contributed by atoms with E-state index in [0.29, 0.717) is 31.8 Å². The first-order valence-corrected chi connectivity index (χ1v) is 12.2. The van der Waals surface area contributed by atoms with E-state index in [4.69, 9.17) is 14.2 Å². The maximum Gasteiger partial charge on any atom is 0.163 e. The van der Waals surface area contributed by atoms with Gasteiger partial charge in [0, 0.05) is 60.6 Å². The van der Waals surface area contributed by atoms with Crippen LogP contribution in [0.5, 0.6) is 17.2 Å². The molecule has 2 bridgehead atoms. The van der Waals surface area contributed by atoms with E-state index < -0.39 is 6.10 Å². The average Bonchev–Trinajstić information content (AvgIpc) is 3.33. The number of anilines is 1. The molecule has 2 N–H and O–H groups in total. The Hall–Kier alpha value is -3.16. The Morgan fingerprint density at radius 3 is 2.76 bits per heavy atom. The topological polar surface area (TPSA) is 70.2 Å². The van der Waals surface area contributed by atoms with Crippen LogP contribution in [0.2, 0.25) is 0 Å². The Morgan fingerprint density at radius 2 is 1.85 bits per heavy atom. The Morgan fingerprint density at radius 1 is 1.00 bits per heavy atom. The monoisotopic (exact) mass is 461 g/mol. The van der Waals surface area contributed by atoms with Gasteiger partial charge in [0.1, 0.15) is 31.7 Å². The van der Waals surface area contributed by atoms with Gasteiger partial charge in [-0.15, -0.1) is 0 Å². The van der Waals surface area contributed by atoms with Gasteiger partial charge in [0.25, 0.3) is 0 Å². The summed E-state index contributed by atoms with van der Waals surface area (Å²) in [5.74, 6) is 2.46. The number of ether oxygens (including phenoxy) is 3. The van der Waals surface area contributed by atoms with Crippen molar-refractivity contribution in [1.82, 2.24) is 9.88 Å². The summed E-state index contributed by atoms with van der Waals surface area (Å²) < 4.78 is 17.5. The summed E-state index contributed by atoms with van der Waals surface area (Å²) in [5.41, 5.74) is 2.22. The number of fused-ring (bicyclic) bond motifs is 6. The highest BCUT2D eigenvalue weighted by Crippen LogP contribution is 2.37. The van der Waals surface area contributed by atoms with Gasteiger partial charge in [-0.05, 0) is 43.2 Å². The van der Waals surface area contributed by atoms with Crippen LogP contribution in [0.1, 0.15) is 12.8 Å². The van der Waals surface area contributed by atoms with Crippen molar-refractivity contribution in [2.24, 2.45) is 0 Å². The lowest BCUT2D eigenvalue weighted by Crippen LogP contribution is -2.60. The molecule has 7 rings (SSSR count). The molecule has 1 saturated heterocycles. The fourth-order valence-electron chi connectivity index (χ4n) is 5.38. The Labute approximate surface area is 199 Å². The third-order valence-corrected chi connectivity index (χ3v) is 7.08. The minimum atomic E-state index is -0.554. The lowest BCUT2D eigenvalue weighted by molar-refractivity contribution is 0.0408. The second-order valence-electron chi connectivity index (χ2n) is 9.34. The number of benzene rings is 2. The first-order valence-electron chi connectivity index (χ1n) is 12.2. The van der Waals surface area contributed by atoms with Gasteiger partial charge in [-0.2, -0.15) is 0 Å². The number of piperazine rings is 1. The molecule has 1 aromatic heterocycles. The van der Waals surface area contributed by atoms with E-state index in [0.717, 1.165) is 54.1 Å². The molecule has 34 heavy (non-hydrogen) atoms. The van der Waals surface area contributed by atoms with Gasteiger partial charge in [-0.3, -0.25) is 4.90 Å². The van der Waals surface area contributed by atoms with Gasteiger partial charge in [0.05, 0.1) is 0 Å². The molecule has 0 amide bonds. The predicted molar refractivity (Wildman–Crippen MR) is 132 cm³/mol. The van der Waals surface area contributed by atoms with Crippen LogP contribution in [0.3, 0.4) is 0 Å². The number of nitrogens with zero attached hydrogens (tertiary/aromatic N) is 2. The molecule has 7 heteroatoms. The number of aromatic nitrogens is 1. The van der Waals surface area contributed by atoms with Crippen LogP contribution in [0, 0.1) is 0 Å². The Kier molecular flexibility index (Phi) is 5.81. The molecule has 3 aromatic rings. The number of aliphatic hydroxyl groups is 1. The lowest BCUT2D eigenvalue weighted by Gasteiger charge is -2.49. The van der Waals surface area contributed by atoms with Crippen LogP contribution in [0.4, 0.5) is 5.69 Å². The quantitative estimate of drug-likeness (QED) is 0.547. The number of aromatic amines is 1. The summed E-state index contributed by atoms with van der Waals surface area (Å²) in [6.45, 7) is 3.91. The minimum Gasteiger partial charge on any atom is -0.490 e. The number of hydrogen-bond donors (Lipinski definition) is 2. The van der Waals surface area contributed by atoms with Crippen molar-refractivity contribution >= 4 is 16.6 Å². The highest BCUT2D eigenvalue weighted by Gasteiger charge is 2.35. The van der Waals surface area contributed by atoms with Crippen LogP contribution in [-0.4, -0.2) is 72.6 Å². The molecule has 0 saturated carbocycles. The van der Waals surface area contributed by atoms with Crippen molar-refractivity contribution in [3.8, 4) is 17.2 Å². The molecule has 2 aromatic carbocycles. The predicted octanol–water partition coefficient (Wildman–Crippen LogP) is 3.59. The second kappa shape index (κ2) is 9.24. The minimum absolute atomic E-state index is 0.278. The van der Waals surface area contributed by atoms with E-state index in [-0.39, 0.29) is 6.61 Å². The summed E-state index contributed by atoms with van der Waals surface area (Å²) in [5, 5.41) is 11.9. The van der Waals surface area contributed by atoms with Crippen LogP contribution in [-0.2, 0) is 0 Å². The smallest absolute Gasteiger partial charge is 0.163 e. The third kappa shape index (κ3) is 4.21. The maximum atomic E-state index is 10.9. The maximum absolute atomic E-state index is 10.9. The van der Waals surface area contributed by atoms with Gasteiger partial charge in [0.15, 0.2) is 11.5 Å². The zero-order valence-corrected chi connectivity index (χ0v) is 19.2. The van der Waals surface area contributed by atoms with E-state index >= 15 is 0 Å².